The van der Waals surface area contributed by atoms with Gasteiger partial charge in [0.2, 0.25) is 11.8 Å². The van der Waals surface area contributed by atoms with Gasteiger partial charge in [-0.1, -0.05) is 89.3 Å². The lowest BCUT2D eigenvalue weighted by molar-refractivity contribution is -0.140. The SMILES string of the molecule is COc1ccc(S(=O)(=O)N(CC(=O)N(Cc2cccc(Br)c2)[C@H](Cc2ccccc2)C(=O)NC2CCCCC2)c2cc(Cl)ccc2OC)cc1OC. The summed E-state index contributed by atoms with van der Waals surface area (Å²) in [6, 6.07) is 24.7. The van der Waals surface area contributed by atoms with Crippen LogP contribution in [0.1, 0.15) is 43.2 Å². The average Bonchev–Trinajstić information content (AvgIpc) is 3.15. The summed E-state index contributed by atoms with van der Waals surface area (Å²) in [7, 11) is -0.238. The van der Waals surface area contributed by atoms with Gasteiger partial charge >= 0.3 is 0 Å². The van der Waals surface area contributed by atoms with Gasteiger partial charge in [0.1, 0.15) is 18.3 Å². The Morgan fingerprint density at radius 3 is 2.17 bits per heavy atom. The van der Waals surface area contributed by atoms with Crippen molar-refractivity contribution in [3.8, 4) is 17.2 Å². The number of ether oxygens (including phenoxy) is 3. The number of nitrogens with zero attached hydrogens (tertiary/aromatic N) is 2. The van der Waals surface area contributed by atoms with E-state index in [1.54, 1.807) is 6.07 Å². The highest BCUT2D eigenvalue weighted by atomic mass is 79.9. The first kappa shape index (κ1) is 39.0. The highest BCUT2D eigenvalue weighted by molar-refractivity contribution is 9.10. The molecule has 52 heavy (non-hydrogen) atoms. The molecule has 1 atom stereocenters. The molecule has 2 amide bonds. The summed E-state index contributed by atoms with van der Waals surface area (Å²) >= 11 is 9.96. The molecule has 1 N–H and O–H groups in total. The first-order valence-electron chi connectivity index (χ1n) is 17.0. The van der Waals surface area contributed by atoms with Crippen LogP contribution in [0, 0.1) is 0 Å². The van der Waals surface area contributed by atoms with Crippen LogP contribution in [-0.2, 0) is 32.6 Å². The molecule has 276 valence electrons. The van der Waals surface area contributed by atoms with Crippen LogP contribution in [0.25, 0.3) is 0 Å². The summed E-state index contributed by atoms with van der Waals surface area (Å²) in [6.45, 7) is -0.645. The summed E-state index contributed by atoms with van der Waals surface area (Å²) in [5.74, 6) is -0.209. The van der Waals surface area contributed by atoms with Crippen LogP contribution in [0.3, 0.4) is 0 Å². The van der Waals surface area contributed by atoms with Gasteiger partial charge in [-0.15, -0.1) is 0 Å². The van der Waals surface area contributed by atoms with Gasteiger partial charge in [0.25, 0.3) is 10.0 Å². The highest BCUT2D eigenvalue weighted by Gasteiger charge is 2.36. The number of rotatable bonds is 15. The number of carbonyl (C=O) groups excluding carboxylic acids is 2. The van der Waals surface area contributed by atoms with Crippen LogP contribution in [0.4, 0.5) is 5.69 Å². The predicted octanol–water partition coefficient (Wildman–Crippen LogP) is 7.41. The molecule has 0 aromatic heterocycles. The van der Waals surface area contributed by atoms with Crippen LogP contribution in [-0.4, -0.2) is 65.1 Å². The summed E-state index contributed by atoms with van der Waals surface area (Å²) in [6.07, 6.45) is 5.07. The van der Waals surface area contributed by atoms with Gasteiger partial charge in [-0.05, 0) is 66.4 Å². The van der Waals surface area contributed by atoms with Gasteiger partial charge < -0.3 is 24.4 Å². The monoisotopic (exact) mass is 811 g/mol. The van der Waals surface area contributed by atoms with E-state index in [1.165, 1.54) is 56.6 Å². The van der Waals surface area contributed by atoms with Crippen molar-refractivity contribution in [1.82, 2.24) is 10.2 Å². The van der Waals surface area contributed by atoms with E-state index in [0.717, 1.165) is 52.0 Å². The van der Waals surface area contributed by atoms with Gasteiger partial charge in [0.15, 0.2) is 11.5 Å². The van der Waals surface area contributed by atoms with E-state index in [2.05, 4.69) is 21.2 Å². The van der Waals surface area contributed by atoms with Crippen molar-refractivity contribution in [3.63, 3.8) is 0 Å². The Morgan fingerprint density at radius 2 is 1.50 bits per heavy atom. The minimum Gasteiger partial charge on any atom is -0.495 e. The van der Waals surface area contributed by atoms with Crippen molar-refractivity contribution in [3.05, 3.63) is 112 Å². The summed E-state index contributed by atoms with van der Waals surface area (Å²) in [5.41, 5.74) is 1.65. The lowest BCUT2D eigenvalue weighted by Gasteiger charge is -2.35. The van der Waals surface area contributed by atoms with Crippen molar-refractivity contribution >= 4 is 55.1 Å². The van der Waals surface area contributed by atoms with Crippen LogP contribution in [0.5, 0.6) is 17.2 Å². The second kappa shape index (κ2) is 18.0. The molecule has 1 aliphatic carbocycles. The largest absolute Gasteiger partial charge is 0.495 e. The van der Waals surface area contributed by atoms with E-state index < -0.39 is 28.5 Å². The van der Waals surface area contributed by atoms with E-state index in [4.69, 9.17) is 25.8 Å². The Balaban J connectivity index is 1.62. The fraction of sp³-hybridized carbons (Fsp3) is 0.333. The fourth-order valence-electron chi connectivity index (χ4n) is 6.41. The van der Waals surface area contributed by atoms with E-state index in [9.17, 15) is 18.0 Å². The number of hydrogen-bond acceptors (Lipinski definition) is 7. The molecule has 4 aromatic rings. The number of benzene rings is 4. The second-order valence-electron chi connectivity index (χ2n) is 12.5. The van der Waals surface area contributed by atoms with Gasteiger partial charge in [-0.25, -0.2) is 8.42 Å². The average molecular weight is 813 g/mol. The molecule has 1 aliphatic rings. The Bertz CT molecular complexity index is 1960. The number of methoxy groups -OCH3 is 3. The van der Waals surface area contributed by atoms with E-state index in [0.29, 0.717) is 5.75 Å². The number of sulfonamides is 1. The predicted molar refractivity (Wildman–Crippen MR) is 206 cm³/mol. The smallest absolute Gasteiger partial charge is 0.265 e. The maximum Gasteiger partial charge on any atom is 0.265 e. The zero-order valence-electron chi connectivity index (χ0n) is 29.4. The van der Waals surface area contributed by atoms with Crippen molar-refractivity contribution in [2.24, 2.45) is 0 Å². The van der Waals surface area contributed by atoms with Crippen molar-refractivity contribution in [2.45, 2.75) is 62.0 Å². The molecule has 0 heterocycles. The number of amides is 2. The Labute approximate surface area is 319 Å². The number of hydrogen-bond donors (Lipinski definition) is 1. The Morgan fingerprint density at radius 1 is 0.827 bits per heavy atom. The second-order valence-corrected chi connectivity index (χ2v) is 15.8. The highest BCUT2D eigenvalue weighted by Crippen LogP contribution is 2.37. The minimum absolute atomic E-state index is 0.0139. The molecule has 13 heteroatoms. The third kappa shape index (κ3) is 9.58. The molecule has 0 spiro atoms. The topological polar surface area (TPSA) is 114 Å². The minimum atomic E-state index is -4.49. The molecule has 0 radical (unpaired) electrons. The molecule has 10 nitrogen and oxygen atoms in total. The van der Waals surface area contributed by atoms with Crippen molar-refractivity contribution < 1.29 is 32.2 Å². The third-order valence-corrected chi connectivity index (χ3v) is 11.6. The summed E-state index contributed by atoms with van der Waals surface area (Å²) < 4.78 is 47.5. The zero-order valence-corrected chi connectivity index (χ0v) is 32.5. The molecule has 0 aliphatic heterocycles. The fourth-order valence-corrected chi connectivity index (χ4v) is 8.45. The Hall–Kier alpha value is -4.26. The van der Waals surface area contributed by atoms with E-state index in [1.807, 2.05) is 54.6 Å². The van der Waals surface area contributed by atoms with Gasteiger partial charge in [-0.3, -0.25) is 13.9 Å². The maximum absolute atomic E-state index is 14.9. The van der Waals surface area contributed by atoms with Crippen LogP contribution in [0.2, 0.25) is 5.02 Å². The lowest BCUT2D eigenvalue weighted by atomic mass is 9.94. The first-order chi connectivity index (χ1) is 25.0. The number of anilines is 1. The molecule has 5 rings (SSSR count). The molecule has 0 saturated heterocycles. The van der Waals surface area contributed by atoms with Gasteiger partial charge in [0.05, 0.1) is 31.9 Å². The zero-order chi connectivity index (χ0) is 37.3. The molecule has 1 saturated carbocycles. The van der Waals surface area contributed by atoms with E-state index in [-0.39, 0.29) is 52.0 Å². The van der Waals surface area contributed by atoms with Gasteiger partial charge in [-0.2, -0.15) is 0 Å². The maximum atomic E-state index is 14.9. The van der Waals surface area contributed by atoms with Crippen LogP contribution in [0.15, 0.2) is 100 Å². The molecular weight excluding hydrogens is 770 g/mol. The van der Waals surface area contributed by atoms with Crippen LogP contribution >= 0.6 is 27.5 Å². The van der Waals surface area contributed by atoms with Crippen molar-refractivity contribution in [2.75, 3.05) is 32.2 Å². The summed E-state index contributed by atoms with van der Waals surface area (Å²) in [5, 5.41) is 3.46. The summed E-state index contributed by atoms with van der Waals surface area (Å²) in [4.78, 5) is 30.6. The number of nitrogens with one attached hydrogen (secondary N) is 1. The Kier molecular flexibility index (Phi) is 13.5. The van der Waals surface area contributed by atoms with Crippen molar-refractivity contribution in [1.29, 1.82) is 0 Å². The first-order valence-corrected chi connectivity index (χ1v) is 19.6. The normalized spacial score (nSPS) is 13.9. The standard InChI is InChI=1S/C39H43BrClN3O7S/c1-49-35-19-17-30(41)23-33(35)44(52(47,48)32-18-20-36(50-2)37(24-32)51-3)26-38(45)43(25-28-13-10-14-29(40)21-28)34(22-27-11-6-4-7-12-27)39(46)42-31-15-8-5-9-16-31/h4,6-7,10-14,17-21,23-24,31,34H,5,8-9,15-16,22,25-26H2,1-3H3,(H,42,46)/t34-/m1/s1. The molecular formula is C39H43BrClN3O7S. The number of halogens is 2. The van der Waals surface area contributed by atoms with E-state index >= 15 is 0 Å². The molecule has 4 aromatic carbocycles. The van der Waals surface area contributed by atoms with Crippen LogP contribution < -0.4 is 23.8 Å². The number of carbonyl (C=O) groups is 2. The quantitative estimate of drug-likeness (QED) is 0.133. The third-order valence-electron chi connectivity index (χ3n) is 9.10. The van der Waals surface area contributed by atoms with Gasteiger partial charge in [0, 0.05) is 34.6 Å². The molecule has 0 bridgehead atoms. The lowest BCUT2D eigenvalue weighted by Crippen LogP contribution is -2.55. The molecule has 1 fully saturated rings. The molecule has 0 unspecified atom stereocenters.